The van der Waals surface area contributed by atoms with E-state index in [-0.39, 0.29) is 6.10 Å². The number of aromatic nitrogens is 3. The van der Waals surface area contributed by atoms with Gasteiger partial charge in [-0.25, -0.2) is 9.67 Å². The normalized spacial score (nSPS) is 12.1. The average molecular weight is 424 g/mol. The van der Waals surface area contributed by atoms with Crippen molar-refractivity contribution in [2.45, 2.75) is 19.6 Å². The van der Waals surface area contributed by atoms with E-state index in [4.69, 9.17) is 27.9 Å². The molecular weight excluding hydrogens is 405 g/mol. The third kappa shape index (κ3) is 4.67. The highest BCUT2D eigenvalue weighted by Crippen LogP contribution is 2.30. The van der Waals surface area contributed by atoms with Gasteiger partial charge in [0.25, 0.3) is 0 Å². The van der Waals surface area contributed by atoms with E-state index >= 15 is 0 Å². The maximum atomic E-state index is 6.33. The van der Waals surface area contributed by atoms with Gasteiger partial charge in [-0.05, 0) is 47.9 Å². The van der Waals surface area contributed by atoms with Crippen molar-refractivity contribution in [3.8, 4) is 5.69 Å². The molecule has 0 saturated carbocycles. The predicted molar refractivity (Wildman–Crippen MR) is 116 cm³/mol. The van der Waals surface area contributed by atoms with Crippen LogP contribution in [0.5, 0.6) is 0 Å². The van der Waals surface area contributed by atoms with Crippen LogP contribution in [-0.2, 0) is 11.3 Å². The Kier molecular flexibility index (Phi) is 5.95. The summed E-state index contributed by atoms with van der Waals surface area (Å²) in [5.41, 5.74) is 5.16. The highest BCUT2D eigenvalue weighted by molar-refractivity contribution is 6.35. The van der Waals surface area contributed by atoms with E-state index in [1.165, 1.54) is 11.9 Å². The van der Waals surface area contributed by atoms with Gasteiger partial charge < -0.3 is 4.74 Å². The summed E-state index contributed by atoms with van der Waals surface area (Å²) in [6.45, 7) is 2.44. The monoisotopic (exact) mass is 423 g/mol. The van der Waals surface area contributed by atoms with E-state index in [2.05, 4.69) is 41.3 Å². The molecular formula is C23H19Cl2N3O. The number of nitrogens with zero attached hydrogens (tertiary/aromatic N) is 3. The molecule has 1 atom stereocenters. The van der Waals surface area contributed by atoms with Crippen LogP contribution in [-0.4, -0.2) is 14.8 Å². The van der Waals surface area contributed by atoms with Crippen LogP contribution in [0, 0.1) is 6.92 Å². The summed E-state index contributed by atoms with van der Waals surface area (Å²) in [6, 6.07) is 21.9. The van der Waals surface area contributed by atoms with E-state index < -0.39 is 0 Å². The Labute approximate surface area is 179 Å². The summed E-state index contributed by atoms with van der Waals surface area (Å²) in [5, 5.41) is 5.38. The topological polar surface area (TPSA) is 39.9 Å². The van der Waals surface area contributed by atoms with Gasteiger partial charge in [0.1, 0.15) is 18.8 Å². The molecule has 0 aliphatic heterocycles. The second-order valence-corrected chi connectivity index (χ2v) is 7.61. The van der Waals surface area contributed by atoms with Gasteiger partial charge in [-0.3, -0.25) is 0 Å². The Bertz CT molecular complexity index is 1080. The van der Waals surface area contributed by atoms with Gasteiger partial charge >= 0.3 is 0 Å². The van der Waals surface area contributed by atoms with Crippen molar-refractivity contribution >= 4 is 23.2 Å². The maximum Gasteiger partial charge on any atom is 0.138 e. The van der Waals surface area contributed by atoms with E-state index in [0.717, 1.165) is 22.4 Å². The zero-order valence-corrected chi connectivity index (χ0v) is 17.3. The molecule has 0 amide bonds. The predicted octanol–water partition coefficient (Wildman–Crippen LogP) is 6.19. The second-order valence-electron chi connectivity index (χ2n) is 6.77. The van der Waals surface area contributed by atoms with Crippen LogP contribution in [0.3, 0.4) is 0 Å². The van der Waals surface area contributed by atoms with Crippen LogP contribution in [0.2, 0.25) is 10.0 Å². The molecule has 0 bridgehead atoms. The van der Waals surface area contributed by atoms with Crippen molar-refractivity contribution < 1.29 is 4.74 Å². The van der Waals surface area contributed by atoms with Crippen molar-refractivity contribution in [2.75, 3.05) is 0 Å². The van der Waals surface area contributed by atoms with Crippen molar-refractivity contribution in [1.82, 2.24) is 14.8 Å². The Morgan fingerprint density at radius 1 is 0.931 bits per heavy atom. The van der Waals surface area contributed by atoms with Gasteiger partial charge in [-0.15, -0.1) is 0 Å². The molecule has 1 unspecified atom stereocenters. The van der Waals surface area contributed by atoms with Gasteiger partial charge in [-0.2, -0.15) is 5.10 Å². The van der Waals surface area contributed by atoms with Gasteiger partial charge in [0, 0.05) is 10.0 Å². The molecule has 0 aliphatic rings. The molecule has 0 N–H and O–H groups in total. The molecule has 29 heavy (non-hydrogen) atoms. The fourth-order valence-corrected chi connectivity index (χ4v) is 3.54. The molecule has 0 aliphatic carbocycles. The minimum atomic E-state index is -0.229. The molecule has 3 aromatic carbocycles. The Hall–Kier alpha value is -2.66. The number of hydrogen-bond donors (Lipinski definition) is 0. The summed E-state index contributed by atoms with van der Waals surface area (Å²) >= 11 is 12.3. The largest absolute Gasteiger partial charge is 0.364 e. The first-order valence-corrected chi connectivity index (χ1v) is 9.93. The quantitative estimate of drug-likeness (QED) is 0.371. The van der Waals surface area contributed by atoms with Gasteiger partial charge in [0.2, 0.25) is 0 Å². The lowest BCUT2D eigenvalue weighted by Crippen LogP contribution is -2.07. The minimum Gasteiger partial charge on any atom is -0.364 e. The number of hydrogen-bond acceptors (Lipinski definition) is 3. The van der Waals surface area contributed by atoms with Gasteiger partial charge in [0.05, 0.1) is 12.3 Å². The van der Waals surface area contributed by atoms with Crippen LogP contribution in [0.25, 0.3) is 5.69 Å². The lowest BCUT2D eigenvalue weighted by atomic mass is 10.00. The van der Waals surface area contributed by atoms with E-state index in [1.807, 2.05) is 36.4 Å². The van der Waals surface area contributed by atoms with Crippen LogP contribution in [0.15, 0.2) is 79.4 Å². The van der Waals surface area contributed by atoms with Crippen LogP contribution in [0.4, 0.5) is 0 Å². The van der Waals surface area contributed by atoms with E-state index in [0.29, 0.717) is 16.7 Å². The lowest BCUT2D eigenvalue weighted by molar-refractivity contribution is 0.0668. The van der Waals surface area contributed by atoms with Gasteiger partial charge in [0.15, 0.2) is 0 Å². The van der Waals surface area contributed by atoms with E-state index in [9.17, 15) is 0 Å². The number of aryl methyl sites for hydroxylation is 1. The van der Waals surface area contributed by atoms with Crippen molar-refractivity contribution in [3.05, 3.63) is 112 Å². The number of rotatable bonds is 6. The summed E-state index contributed by atoms with van der Waals surface area (Å²) in [4.78, 5) is 3.99. The molecule has 146 valence electrons. The summed E-state index contributed by atoms with van der Waals surface area (Å²) in [7, 11) is 0. The molecule has 1 aromatic heterocycles. The van der Waals surface area contributed by atoms with Crippen LogP contribution in [0.1, 0.15) is 28.4 Å². The second kappa shape index (κ2) is 8.78. The first kappa shape index (κ1) is 19.6. The Morgan fingerprint density at radius 3 is 2.24 bits per heavy atom. The Morgan fingerprint density at radius 2 is 1.62 bits per heavy atom. The fourth-order valence-electron chi connectivity index (χ4n) is 3.08. The molecule has 4 aromatic rings. The lowest BCUT2D eigenvalue weighted by Gasteiger charge is -2.20. The number of benzene rings is 3. The molecule has 0 spiro atoms. The van der Waals surface area contributed by atoms with Crippen LogP contribution < -0.4 is 0 Å². The zero-order valence-electron chi connectivity index (χ0n) is 15.8. The molecule has 0 saturated heterocycles. The highest BCUT2D eigenvalue weighted by atomic mass is 35.5. The summed E-state index contributed by atoms with van der Waals surface area (Å²) < 4.78 is 8.05. The first-order chi connectivity index (χ1) is 14.1. The molecule has 6 heteroatoms. The minimum absolute atomic E-state index is 0.229. The standard InChI is InChI=1S/C23H19Cl2N3O/c1-16-2-4-17(5-3-16)23(29-13-19-6-9-20(24)12-22(19)25)18-7-10-21(11-8-18)28-15-26-14-27-28/h2-12,14-15,23H,13H2,1H3. The third-order valence-corrected chi connectivity index (χ3v) is 5.27. The van der Waals surface area contributed by atoms with E-state index in [1.54, 1.807) is 17.1 Å². The smallest absolute Gasteiger partial charge is 0.138 e. The van der Waals surface area contributed by atoms with Crippen LogP contribution >= 0.6 is 23.2 Å². The number of ether oxygens (including phenoxy) is 1. The molecule has 1 heterocycles. The molecule has 4 rings (SSSR count). The maximum absolute atomic E-state index is 6.33. The SMILES string of the molecule is Cc1ccc(C(OCc2ccc(Cl)cc2Cl)c2ccc(-n3cncn3)cc2)cc1. The molecule has 0 radical (unpaired) electrons. The van der Waals surface area contributed by atoms with Crippen molar-refractivity contribution in [1.29, 1.82) is 0 Å². The third-order valence-electron chi connectivity index (χ3n) is 4.68. The van der Waals surface area contributed by atoms with Crippen molar-refractivity contribution in [3.63, 3.8) is 0 Å². The summed E-state index contributed by atoms with van der Waals surface area (Å²) in [6.07, 6.45) is 2.96. The molecule has 0 fully saturated rings. The zero-order chi connectivity index (χ0) is 20.2. The highest BCUT2D eigenvalue weighted by Gasteiger charge is 2.16. The molecule has 4 nitrogen and oxygen atoms in total. The van der Waals surface area contributed by atoms with Crippen molar-refractivity contribution in [2.24, 2.45) is 0 Å². The summed E-state index contributed by atoms with van der Waals surface area (Å²) in [5.74, 6) is 0. The Balaban J connectivity index is 1.62. The number of halogens is 2. The van der Waals surface area contributed by atoms with Gasteiger partial charge in [-0.1, -0.05) is 71.2 Å². The average Bonchev–Trinajstić information content (AvgIpc) is 3.26. The fraction of sp³-hybridized carbons (Fsp3) is 0.130. The first-order valence-electron chi connectivity index (χ1n) is 9.17.